The first-order valence-electron chi connectivity index (χ1n) is 8.64. The highest BCUT2D eigenvalue weighted by molar-refractivity contribution is 5.95. The second kappa shape index (κ2) is 7.88. The minimum atomic E-state index is -4.45. The van der Waals surface area contributed by atoms with Crippen LogP contribution in [0, 0.1) is 0 Å². The van der Waals surface area contributed by atoms with Crippen LogP contribution in [0.1, 0.15) is 36.0 Å². The lowest BCUT2D eigenvalue weighted by molar-refractivity contribution is -0.141. The van der Waals surface area contributed by atoms with Crippen molar-refractivity contribution in [1.82, 2.24) is 5.32 Å². The van der Waals surface area contributed by atoms with Crippen LogP contribution in [0.4, 0.5) is 13.2 Å². The van der Waals surface area contributed by atoms with Crippen LogP contribution in [0.3, 0.4) is 0 Å². The maximum absolute atomic E-state index is 12.8. The SMILES string of the molecule is CC1=C(C(=O)OCc2ccccc2)[C@H](c2ccc(C(F)(F)F)cc2)CC(=O)N1. The highest BCUT2D eigenvalue weighted by Gasteiger charge is 2.34. The topological polar surface area (TPSA) is 55.4 Å². The number of hydrogen-bond donors (Lipinski definition) is 1. The molecule has 1 N–H and O–H groups in total. The first-order valence-corrected chi connectivity index (χ1v) is 8.64. The summed E-state index contributed by atoms with van der Waals surface area (Å²) in [4.78, 5) is 24.6. The maximum atomic E-state index is 12.8. The molecule has 0 aliphatic carbocycles. The van der Waals surface area contributed by atoms with Gasteiger partial charge in [-0.3, -0.25) is 4.79 Å². The Morgan fingerprint density at radius 3 is 2.36 bits per heavy atom. The van der Waals surface area contributed by atoms with Gasteiger partial charge in [-0.25, -0.2) is 4.79 Å². The third-order valence-electron chi connectivity index (χ3n) is 4.54. The fourth-order valence-corrected chi connectivity index (χ4v) is 3.16. The maximum Gasteiger partial charge on any atom is 0.416 e. The van der Waals surface area contributed by atoms with Gasteiger partial charge in [-0.15, -0.1) is 0 Å². The monoisotopic (exact) mass is 389 g/mol. The molecule has 0 unspecified atom stereocenters. The zero-order valence-electron chi connectivity index (χ0n) is 15.0. The van der Waals surface area contributed by atoms with E-state index < -0.39 is 23.6 Å². The van der Waals surface area contributed by atoms with Crippen LogP contribution >= 0.6 is 0 Å². The van der Waals surface area contributed by atoms with Crippen molar-refractivity contribution < 1.29 is 27.5 Å². The van der Waals surface area contributed by atoms with Gasteiger partial charge in [0.05, 0.1) is 11.1 Å². The Hall–Kier alpha value is -3.09. The van der Waals surface area contributed by atoms with Crippen LogP contribution in [0.15, 0.2) is 65.9 Å². The summed E-state index contributed by atoms with van der Waals surface area (Å²) in [5.41, 5.74) is 1.06. The first-order chi connectivity index (χ1) is 13.3. The third-order valence-corrected chi connectivity index (χ3v) is 4.54. The number of carbonyl (C=O) groups is 2. The molecule has 0 spiro atoms. The number of halogens is 3. The highest BCUT2D eigenvalue weighted by Crippen LogP contribution is 2.36. The Labute approximate surface area is 160 Å². The van der Waals surface area contributed by atoms with Crippen molar-refractivity contribution in [3.05, 3.63) is 82.6 Å². The number of amides is 1. The summed E-state index contributed by atoms with van der Waals surface area (Å²) in [7, 11) is 0. The van der Waals surface area contributed by atoms with Gasteiger partial charge < -0.3 is 10.1 Å². The van der Waals surface area contributed by atoms with Crippen molar-refractivity contribution >= 4 is 11.9 Å². The summed E-state index contributed by atoms with van der Waals surface area (Å²) < 4.78 is 43.8. The van der Waals surface area contributed by atoms with Gasteiger partial charge in [0.15, 0.2) is 0 Å². The van der Waals surface area contributed by atoms with Gasteiger partial charge in [0, 0.05) is 18.0 Å². The highest BCUT2D eigenvalue weighted by atomic mass is 19.4. The van der Waals surface area contributed by atoms with E-state index in [0.717, 1.165) is 17.7 Å². The first kappa shape index (κ1) is 19.7. The van der Waals surface area contributed by atoms with Crippen LogP contribution in [-0.2, 0) is 27.1 Å². The van der Waals surface area contributed by atoms with E-state index in [-0.39, 0.29) is 24.5 Å². The zero-order chi connectivity index (χ0) is 20.3. The van der Waals surface area contributed by atoms with Gasteiger partial charge in [-0.1, -0.05) is 42.5 Å². The smallest absolute Gasteiger partial charge is 0.416 e. The minimum absolute atomic E-state index is 0.0432. The fraction of sp³-hybridized carbons (Fsp3) is 0.238. The van der Waals surface area contributed by atoms with Crippen molar-refractivity contribution in [2.75, 3.05) is 0 Å². The summed E-state index contributed by atoms with van der Waals surface area (Å²) in [5, 5.41) is 2.60. The molecule has 1 atom stereocenters. The van der Waals surface area contributed by atoms with Crippen molar-refractivity contribution in [1.29, 1.82) is 0 Å². The molecule has 0 fully saturated rings. The molecule has 28 heavy (non-hydrogen) atoms. The van der Waals surface area contributed by atoms with E-state index in [1.165, 1.54) is 12.1 Å². The van der Waals surface area contributed by atoms with Crippen LogP contribution in [0.2, 0.25) is 0 Å². The number of benzene rings is 2. The number of esters is 1. The number of rotatable bonds is 4. The lowest BCUT2D eigenvalue weighted by Gasteiger charge is -2.26. The van der Waals surface area contributed by atoms with E-state index >= 15 is 0 Å². The van der Waals surface area contributed by atoms with Gasteiger partial charge >= 0.3 is 12.1 Å². The summed E-state index contributed by atoms with van der Waals surface area (Å²) in [6.45, 7) is 1.64. The molecule has 146 valence electrons. The molecule has 0 saturated heterocycles. The van der Waals surface area contributed by atoms with Crippen molar-refractivity contribution in [2.24, 2.45) is 0 Å². The third kappa shape index (κ3) is 4.42. The van der Waals surface area contributed by atoms with E-state index in [4.69, 9.17) is 4.74 Å². The Morgan fingerprint density at radius 1 is 1.11 bits per heavy atom. The Morgan fingerprint density at radius 2 is 1.75 bits per heavy atom. The van der Waals surface area contributed by atoms with Gasteiger partial charge in [-0.05, 0) is 30.2 Å². The van der Waals surface area contributed by atoms with E-state index in [1.54, 1.807) is 6.92 Å². The number of hydrogen-bond acceptors (Lipinski definition) is 3. The summed E-state index contributed by atoms with van der Waals surface area (Å²) in [5.74, 6) is -1.58. The predicted molar refractivity (Wildman–Crippen MR) is 95.9 cm³/mol. The normalized spacial score (nSPS) is 17.3. The van der Waals surface area contributed by atoms with Gasteiger partial charge in [-0.2, -0.15) is 13.2 Å². The second-order valence-corrected chi connectivity index (χ2v) is 6.53. The quantitative estimate of drug-likeness (QED) is 0.792. The average Bonchev–Trinajstić information content (AvgIpc) is 2.66. The van der Waals surface area contributed by atoms with Crippen molar-refractivity contribution in [3.8, 4) is 0 Å². The molecule has 0 saturated carbocycles. The van der Waals surface area contributed by atoms with Crippen LogP contribution in [0.5, 0.6) is 0 Å². The number of alkyl halides is 3. The number of nitrogens with one attached hydrogen (secondary N) is 1. The lowest BCUT2D eigenvalue weighted by atomic mass is 9.84. The van der Waals surface area contributed by atoms with Gasteiger partial charge in [0.25, 0.3) is 0 Å². The van der Waals surface area contributed by atoms with Crippen molar-refractivity contribution in [3.63, 3.8) is 0 Å². The molecule has 7 heteroatoms. The van der Waals surface area contributed by atoms with Crippen LogP contribution in [0.25, 0.3) is 0 Å². The molecular weight excluding hydrogens is 371 g/mol. The van der Waals surface area contributed by atoms with E-state index in [0.29, 0.717) is 11.3 Å². The van der Waals surface area contributed by atoms with E-state index in [2.05, 4.69) is 5.32 Å². The number of allylic oxidation sites excluding steroid dienone is 1. The molecule has 0 aromatic heterocycles. The zero-order valence-corrected chi connectivity index (χ0v) is 15.0. The molecule has 1 heterocycles. The lowest BCUT2D eigenvalue weighted by Crippen LogP contribution is -2.34. The Kier molecular flexibility index (Phi) is 5.53. The van der Waals surface area contributed by atoms with Crippen molar-refractivity contribution in [2.45, 2.75) is 32.0 Å². The van der Waals surface area contributed by atoms with E-state index in [1.807, 2.05) is 30.3 Å². The molecule has 3 rings (SSSR count). The van der Waals surface area contributed by atoms with Crippen LogP contribution in [-0.4, -0.2) is 11.9 Å². The minimum Gasteiger partial charge on any atom is -0.457 e. The average molecular weight is 389 g/mol. The van der Waals surface area contributed by atoms with Gasteiger partial charge in [0.2, 0.25) is 5.91 Å². The molecule has 2 aromatic rings. The van der Waals surface area contributed by atoms with E-state index in [9.17, 15) is 22.8 Å². The molecule has 1 amide bonds. The number of ether oxygens (including phenoxy) is 1. The Balaban J connectivity index is 1.85. The summed E-state index contributed by atoms with van der Waals surface area (Å²) in [6.07, 6.45) is -4.50. The molecule has 1 aliphatic heterocycles. The second-order valence-electron chi connectivity index (χ2n) is 6.53. The molecule has 1 aliphatic rings. The Bertz CT molecular complexity index is 903. The molecule has 4 nitrogen and oxygen atoms in total. The molecule has 0 radical (unpaired) electrons. The molecular formula is C21H18F3NO3. The number of carbonyl (C=O) groups excluding carboxylic acids is 2. The largest absolute Gasteiger partial charge is 0.457 e. The fourth-order valence-electron chi connectivity index (χ4n) is 3.16. The van der Waals surface area contributed by atoms with Gasteiger partial charge in [0.1, 0.15) is 6.61 Å². The predicted octanol–water partition coefficient (Wildman–Crippen LogP) is 4.33. The standard InChI is InChI=1S/C21H18F3NO3/c1-13-19(20(27)28-12-14-5-3-2-4-6-14)17(11-18(26)25-13)15-7-9-16(10-8-15)21(22,23)24/h2-10,17H,11-12H2,1H3,(H,25,26)/t17-/m0/s1. The molecule has 0 bridgehead atoms. The summed E-state index contributed by atoms with van der Waals surface area (Å²) >= 11 is 0. The molecule has 2 aromatic carbocycles. The van der Waals surface area contributed by atoms with Crippen LogP contribution < -0.4 is 5.32 Å². The summed E-state index contributed by atoms with van der Waals surface area (Å²) in [6, 6.07) is 13.6.